The average Bonchev–Trinajstić information content (AvgIpc) is 4.08. The maximum absolute atomic E-state index is 14.3. The highest BCUT2D eigenvalue weighted by Gasteiger charge is 2.52. The second-order valence-electron chi connectivity index (χ2n) is 18.7. The Morgan fingerprint density at radius 3 is 2.56 bits per heavy atom. The van der Waals surface area contributed by atoms with Crippen molar-refractivity contribution in [2.24, 2.45) is 17.3 Å². The summed E-state index contributed by atoms with van der Waals surface area (Å²) in [6.45, 7) is 4.52. The first-order valence-electron chi connectivity index (χ1n) is 22.0. The number of aryl methyl sites for hydroxylation is 1. The van der Waals surface area contributed by atoms with Crippen LogP contribution in [0.25, 0.3) is 5.65 Å². The van der Waals surface area contributed by atoms with Crippen molar-refractivity contribution in [3.05, 3.63) is 70.8 Å². The smallest absolute Gasteiger partial charge is 0.284 e. The number of fused-ring (bicyclic) bond motifs is 4. The molecule has 5 amide bonds. The van der Waals surface area contributed by atoms with E-state index in [2.05, 4.69) is 30.6 Å². The Morgan fingerprint density at radius 2 is 1.82 bits per heavy atom. The lowest BCUT2D eigenvalue weighted by Crippen LogP contribution is -2.62. The van der Waals surface area contributed by atoms with Crippen LogP contribution < -0.4 is 15.5 Å². The number of morpholine rings is 1. The van der Waals surface area contributed by atoms with Gasteiger partial charge in [0.1, 0.15) is 17.4 Å². The number of hydrogen-bond donors (Lipinski definition) is 2. The number of likely N-dealkylation sites (tertiary alicyclic amines) is 1. The molecule has 1 unspecified atom stereocenters. The van der Waals surface area contributed by atoms with E-state index in [0.29, 0.717) is 47.1 Å². The van der Waals surface area contributed by atoms with Crippen molar-refractivity contribution >= 4 is 46.7 Å². The van der Waals surface area contributed by atoms with Gasteiger partial charge in [0.15, 0.2) is 11.3 Å². The molecule has 3 aromatic heterocycles. The normalized spacial score (nSPS) is 27.0. The largest absolute Gasteiger partial charge is 0.374 e. The average molecular weight is 851 g/mol. The van der Waals surface area contributed by atoms with E-state index in [1.807, 2.05) is 12.1 Å². The molecule has 324 valence electrons. The molecule has 8 heterocycles. The number of aromatic nitrogens is 5. The first-order valence-corrected chi connectivity index (χ1v) is 22.0. The number of benzene rings is 1. The fourth-order valence-corrected chi connectivity index (χ4v) is 11.7. The number of ether oxygens (including phenoxy) is 1. The van der Waals surface area contributed by atoms with E-state index in [9.17, 15) is 32.8 Å². The van der Waals surface area contributed by atoms with Gasteiger partial charge in [-0.05, 0) is 99.2 Å². The number of alkyl halides is 2. The van der Waals surface area contributed by atoms with Crippen molar-refractivity contribution in [1.82, 2.24) is 39.5 Å². The van der Waals surface area contributed by atoms with E-state index in [1.165, 1.54) is 10.7 Å². The minimum atomic E-state index is -2.86. The molecule has 2 saturated carbocycles. The molecule has 16 nitrogen and oxygen atoms in total. The molecule has 0 radical (unpaired) electrons. The third-order valence-corrected chi connectivity index (χ3v) is 14.7. The first-order chi connectivity index (χ1) is 30.0. The van der Waals surface area contributed by atoms with Gasteiger partial charge in [-0.1, -0.05) is 12.1 Å². The molecule has 2 bridgehead atoms. The number of anilines is 2. The number of hydrogen-bond acceptors (Lipinski definition) is 11. The lowest BCUT2D eigenvalue weighted by molar-refractivity contribution is -0.136. The summed E-state index contributed by atoms with van der Waals surface area (Å²) in [6, 6.07) is 6.43. The molecule has 3 atom stereocenters. The molecule has 1 aromatic carbocycles. The van der Waals surface area contributed by atoms with Crippen molar-refractivity contribution < 1.29 is 37.5 Å². The fourth-order valence-electron chi connectivity index (χ4n) is 11.7. The minimum absolute atomic E-state index is 0.00555. The number of halogens is 2. The molecule has 4 saturated heterocycles. The van der Waals surface area contributed by atoms with Crippen LogP contribution in [0, 0.1) is 17.3 Å². The highest BCUT2D eigenvalue weighted by molar-refractivity contribution is 6.24. The van der Waals surface area contributed by atoms with Crippen LogP contribution in [0.4, 0.5) is 20.3 Å². The lowest BCUT2D eigenvalue weighted by Gasteiger charge is -2.60. The highest BCUT2D eigenvalue weighted by atomic mass is 19.3. The molecule has 2 aliphatic carbocycles. The van der Waals surface area contributed by atoms with Crippen molar-refractivity contribution in [3.63, 3.8) is 0 Å². The Hall–Kier alpha value is -5.62. The fraction of sp³-hybridized carbons (Fsp3) is 0.545. The Labute approximate surface area is 355 Å². The van der Waals surface area contributed by atoms with Gasteiger partial charge in [-0.15, -0.1) is 0 Å². The molecule has 4 aromatic rings. The Balaban J connectivity index is 0.650. The van der Waals surface area contributed by atoms with Crippen molar-refractivity contribution in [2.75, 3.05) is 43.0 Å². The van der Waals surface area contributed by atoms with E-state index >= 15 is 0 Å². The van der Waals surface area contributed by atoms with Gasteiger partial charge in [-0.25, -0.2) is 18.3 Å². The third kappa shape index (κ3) is 6.76. The number of piperidine rings is 1. The van der Waals surface area contributed by atoms with Gasteiger partial charge in [0.2, 0.25) is 11.8 Å². The van der Waals surface area contributed by atoms with Gasteiger partial charge in [0.05, 0.1) is 47.8 Å². The van der Waals surface area contributed by atoms with Gasteiger partial charge in [0.25, 0.3) is 24.1 Å². The molecule has 1 spiro atoms. The van der Waals surface area contributed by atoms with Crippen LogP contribution in [0.3, 0.4) is 0 Å². The standard InChI is InChI=1S/C44H48F2N10O6/c45-38(46)37-32(48-40(58)31-17-47-54-13-12-34(49-39(31)54)53-19-29-14-28(53)21-62-29)20-55(51-37)27-8-5-24(6-9-27)18-52-22-44(23-52)15-25(16-44)4-7-26-2-1-3-30-36(26)43(61)56(42(30)60)33-10-11-35(57)50-41(33)59/h1-3,12-13,17,20,24-25,27-29,33,38H,4-11,14-16,18-19,21-23H2,(H,48,58)(H,50,57,59)/t24?,27?,28-,29-,33?/m1/s1. The molecular formula is C44H48F2N10O6. The van der Waals surface area contributed by atoms with Crippen LogP contribution in [-0.2, 0) is 20.7 Å². The summed E-state index contributed by atoms with van der Waals surface area (Å²) in [6.07, 6.45) is 10.6. The molecule has 2 N–H and O–H groups in total. The zero-order valence-electron chi connectivity index (χ0n) is 34.2. The highest BCUT2D eigenvalue weighted by Crippen LogP contribution is 2.54. The van der Waals surface area contributed by atoms with Crippen molar-refractivity contribution in [2.45, 2.75) is 101 Å². The number of nitrogens with one attached hydrogen (secondary N) is 2. The molecule has 11 rings (SSSR count). The van der Waals surface area contributed by atoms with Crippen molar-refractivity contribution in [3.8, 4) is 0 Å². The lowest BCUT2D eigenvalue weighted by atomic mass is 9.56. The number of nitrogens with zero attached hydrogens (tertiary/aromatic N) is 8. The third-order valence-electron chi connectivity index (χ3n) is 14.7. The van der Waals surface area contributed by atoms with Gasteiger partial charge >= 0.3 is 0 Å². The van der Waals surface area contributed by atoms with Crippen molar-refractivity contribution in [1.29, 1.82) is 0 Å². The first kappa shape index (κ1) is 39.2. The van der Waals surface area contributed by atoms with Crippen LogP contribution in [0.15, 0.2) is 42.9 Å². The number of imide groups is 2. The van der Waals surface area contributed by atoms with Crippen LogP contribution in [0.2, 0.25) is 0 Å². The summed E-state index contributed by atoms with van der Waals surface area (Å²) in [7, 11) is 0. The zero-order chi connectivity index (χ0) is 42.4. The topological polar surface area (TPSA) is 176 Å². The van der Waals surface area contributed by atoms with E-state index in [1.54, 1.807) is 29.2 Å². The van der Waals surface area contributed by atoms with Gasteiger partial charge < -0.3 is 19.9 Å². The van der Waals surface area contributed by atoms with Crippen LogP contribution >= 0.6 is 0 Å². The monoisotopic (exact) mass is 850 g/mol. The van der Waals surface area contributed by atoms with Crippen LogP contribution in [0.5, 0.6) is 0 Å². The SMILES string of the molecule is O=C1CCC(N2C(=O)c3cccc(CCC4CC5(C4)CN(CC4CCC(n6cc(NC(=O)c7cnn8ccc(N9C[C@H]%10C[C@@H]9CO%10)nc78)c(C(F)F)n6)CC4)C5)c3C2=O)C(=O)N1. The molecule has 18 heteroatoms. The van der Waals surface area contributed by atoms with E-state index < -0.39 is 47.7 Å². The second kappa shape index (κ2) is 15.0. The summed E-state index contributed by atoms with van der Waals surface area (Å²) in [5.74, 6) is -0.712. The van der Waals surface area contributed by atoms with E-state index in [-0.39, 0.29) is 42.3 Å². The quantitative estimate of drug-likeness (QED) is 0.202. The molecule has 5 aliphatic heterocycles. The summed E-state index contributed by atoms with van der Waals surface area (Å²) >= 11 is 0. The Morgan fingerprint density at radius 1 is 1.00 bits per heavy atom. The van der Waals surface area contributed by atoms with Gasteiger partial charge in [-0.2, -0.15) is 10.2 Å². The number of carbonyl (C=O) groups excluding carboxylic acids is 5. The van der Waals surface area contributed by atoms with Gasteiger partial charge in [0, 0.05) is 45.0 Å². The maximum atomic E-state index is 14.3. The summed E-state index contributed by atoms with van der Waals surface area (Å²) in [5.41, 5.74) is 1.98. The Bertz CT molecular complexity index is 2500. The molecule has 6 fully saturated rings. The number of rotatable bonds is 11. The minimum Gasteiger partial charge on any atom is -0.374 e. The predicted octanol–water partition coefficient (Wildman–Crippen LogP) is 4.57. The zero-order valence-corrected chi connectivity index (χ0v) is 34.2. The Kier molecular flexibility index (Phi) is 9.51. The summed E-state index contributed by atoms with van der Waals surface area (Å²) in [4.78, 5) is 75.0. The van der Waals surface area contributed by atoms with E-state index in [0.717, 1.165) is 93.8 Å². The maximum Gasteiger partial charge on any atom is 0.284 e. The number of amides is 5. The summed E-state index contributed by atoms with van der Waals surface area (Å²) in [5, 5.41) is 13.5. The van der Waals surface area contributed by atoms with E-state index in [4.69, 9.17) is 9.72 Å². The number of carbonyl (C=O) groups is 5. The van der Waals surface area contributed by atoms with Crippen LogP contribution in [-0.4, -0.2) is 115 Å². The predicted molar refractivity (Wildman–Crippen MR) is 218 cm³/mol. The molecule has 7 aliphatic rings. The van der Waals surface area contributed by atoms with Gasteiger partial charge in [-0.3, -0.25) is 38.9 Å². The molecule has 62 heavy (non-hydrogen) atoms. The molecular weight excluding hydrogens is 803 g/mol. The summed E-state index contributed by atoms with van der Waals surface area (Å²) < 4.78 is 37.4. The second-order valence-corrected chi connectivity index (χ2v) is 18.7. The van der Waals surface area contributed by atoms with Crippen LogP contribution in [0.1, 0.15) is 119 Å².